The summed E-state index contributed by atoms with van der Waals surface area (Å²) >= 11 is 5.82. The molecule has 1 saturated carbocycles. The van der Waals surface area contributed by atoms with Crippen LogP contribution in [-0.2, 0) is 9.84 Å². The molecule has 0 saturated heterocycles. The molecule has 1 aromatic carbocycles. The zero-order valence-corrected chi connectivity index (χ0v) is 13.6. The predicted octanol–water partition coefficient (Wildman–Crippen LogP) is 2.96. The van der Waals surface area contributed by atoms with Crippen LogP contribution >= 0.6 is 11.6 Å². The average molecular weight is 378 g/mol. The van der Waals surface area contributed by atoms with Crippen LogP contribution in [0.1, 0.15) is 36.4 Å². The van der Waals surface area contributed by atoms with Crippen LogP contribution in [0.15, 0.2) is 23.4 Å². The Balaban J connectivity index is 1.76. The molecule has 24 heavy (non-hydrogen) atoms. The number of halogens is 4. The van der Waals surface area contributed by atoms with Crippen molar-refractivity contribution in [2.24, 2.45) is 0 Å². The second-order valence-corrected chi connectivity index (χ2v) is 8.45. The van der Waals surface area contributed by atoms with Gasteiger partial charge in [0.2, 0.25) is 9.84 Å². The molecule has 4 atom stereocenters. The highest BCUT2D eigenvalue weighted by atomic mass is 35.5. The van der Waals surface area contributed by atoms with E-state index in [0.29, 0.717) is 5.56 Å². The van der Waals surface area contributed by atoms with Crippen LogP contribution < -0.4 is 0 Å². The van der Waals surface area contributed by atoms with Crippen LogP contribution in [0.3, 0.4) is 0 Å². The summed E-state index contributed by atoms with van der Waals surface area (Å²) in [4.78, 5) is 3.76. The third kappa shape index (κ3) is 2.41. The summed E-state index contributed by atoms with van der Waals surface area (Å²) in [7, 11) is -4.02. The van der Waals surface area contributed by atoms with Crippen molar-refractivity contribution in [2.75, 3.05) is 0 Å². The summed E-state index contributed by atoms with van der Waals surface area (Å²) in [6.07, 6.45) is -3.14. The zero-order valence-electron chi connectivity index (χ0n) is 12.0. The number of rotatable bonds is 3. The van der Waals surface area contributed by atoms with E-state index in [1.54, 1.807) is 0 Å². The molecule has 1 fully saturated rings. The standard InChI is InChI=1S/C14H11ClF3N3O2S/c15-7-1-6(2-8(16)3-7)11-4-10(18)13-19-14(20-21(11)13)24(22,23)12-5-9(12)17/h1-3,9-12H,4-5H2/t9?,10-,11-,12?/m0/s1. The van der Waals surface area contributed by atoms with Gasteiger partial charge in [0.05, 0.1) is 6.04 Å². The van der Waals surface area contributed by atoms with Crippen LogP contribution in [0.25, 0.3) is 0 Å². The number of alkyl halides is 2. The Bertz CT molecular complexity index is 913. The molecular formula is C14H11ClF3N3O2S. The predicted molar refractivity (Wildman–Crippen MR) is 78.5 cm³/mol. The fourth-order valence-electron chi connectivity index (χ4n) is 2.92. The minimum Gasteiger partial charge on any atom is -0.246 e. The van der Waals surface area contributed by atoms with E-state index in [1.807, 2.05) is 0 Å². The Hall–Kier alpha value is -1.61. The number of nitrogens with zero attached hydrogens (tertiary/aromatic N) is 3. The second-order valence-electron chi connectivity index (χ2n) is 5.95. The molecule has 1 aromatic heterocycles. The fourth-order valence-corrected chi connectivity index (χ4v) is 4.67. The minimum absolute atomic E-state index is 0.0510. The van der Waals surface area contributed by atoms with Crippen LogP contribution in [0.5, 0.6) is 0 Å². The van der Waals surface area contributed by atoms with Gasteiger partial charge in [0.1, 0.15) is 17.2 Å². The first kappa shape index (κ1) is 15.9. The second kappa shape index (κ2) is 5.19. The molecule has 2 aliphatic rings. The van der Waals surface area contributed by atoms with Crippen molar-refractivity contribution in [2.45, 2.75) is 41.6 Å². The lowest BCUT2D eigenvalue weighted by atomic mass is 10.0. The van der Waals surface area contributed by atoms with Crippen molar-refractivity contribution in [3.8, 4) is 0 Å². The van der Waals surface area contributed by atoms with Gasteiger partial charge in [0.15, 0.2) is 12.0 Å². The van der Waals surface area contributed by atoms with E-state index in [9.17, 15) is 21.6 Å². The summed E-state index contributed by atoms with van der Waals surface area (Å²) in [6, 6.07) is 3.04. The quantitative estimate of drug-likeness (QED) is 0.825. The van der Waals surface area contributed by atoms with Gasteiger partial charge in [0.25, 0.3) is 5.16 Å². The number of hydrogen-bond acceptors (Lipinski definition) is 4. The first-order chi connectivity index (χ1) is 11.3. The van der Waals surface area contributed by atoms with E-state index < -0.39 is 44.4 Å². The lowest BCUT2D eigenvalue weighted by molar-refractivity contribution is 0.326. The van der Waals surface area contributed by atoms with Gasteiger partial charge in [-0.3, -0.25) is 0 Å². The molecule has 0 N–H and O–H groups in total. The molecule has 0 amide bonds. The van der Waals surface area contributed by atoms with E-state index in [4.69, 9.17) is 11.6 Å². The van der Waals surface area contributed by atoms with E-state index in [0.717, 1.165) is 10.7 Å². The molecular weight excluding hydrogens is 367 g/mol. The highest BCUT2D eigenvalue weighted by molar-refractivity contribution is 7.92. The number of benzene rings is 1. The summed E-state index contributed by atoms with van der Waals surface area (Å²) in [6.45, 7) is 0. The van der Waals surface area contributed by atoms with E-state index >= 15 is 0 Å². The van der Waals surface area contributed by atoms with Crippen molar-refractivity contribution in [1.82, 2.24) is 14.8 Å². The molecule has 2 unspecified atom stereocenters. The minimum atomic E-state index is -4.02. The molecule has 2 aromatic rings. The average Bonchev–Trinajstić information content (AvgIpc) is 2.94. The van der Waals surface area contributed by atoms with Crippen LogP contribution in [0.4, 0.5) is 13.2 Å². The molecule has 5 nitrogen and oxygen atoms in total. The van der Waals surface area contributed by atoms with Crippen molar-refractivity contribution in [3.05, 3.63) is 40.4 Å². The maximum atomic E-state index is 14.2. The van der Waals surface area contributed by atoms with Crippen LogP contribution in [0, 0.1) is 5.82 Å². The molecule has 1 aliphatic carbocycles. The molecule has 0 bridgehead atoms. The maximum Gasteiger partial charge on any atom is 0.267 e. The highest BCUT2D eigenvalue weighted by Crippen LogP contribution is 2.42. The summed E-state index contributed by atoms with van der Waals surface area (Å²) in [5.74, 6) is -0.748. The van der Waals surface area contributed by atoms with Gasteiger partial charge in [-0.15, -0.1) is 5.10 Å². The van der Waals surface area contributed by atoms with Gasteiger partial charge < -0.3 is 0 Å². The highest BCUT2D eigenvalue weighted by Gasteiger charge is 2.51. The first-order valence-corrected chi connectivity index (χ1v) is 9.14. The topological polar surface area (TPSA) is 64.8 Å². The molecule has 128 valence electrons. The largest absolute Gasteiger partial charge is 0.267 e. The SMILES string of the molecule is O=S(=O)(c1nc2n(n1)[C@H](c1cc(F)cc(Cl)c1)C[C@@H]2F)C1CC1F. The lowest BCUT2D eigenvalue weighted by Gasteiger charge is -2.12. The molecule has 4 rings (SSSR count). The maximum absolute atomic E-state index is 14.2. The Morgan fingerprint density at radius 1 is 1.21 bits per heavy atom. The molecule has 2 heterocycles. The Kier molecular flexibility index (Phi) is 3.44. The monoisotopic (exact) mass is 377 g/mol. The number of fused-ring (bicyclic) bond motifs is 1. The molecule has 10 heteroatoms. The first-order valence-electron chi connectivity index (χ1n) is 7.22. The smallest absolute Gasteiger partial charge is 0.246 e. The van der Waals surface area contributed by atoms with Crippen molar-refractivity contribution in [3.63, 3.8) is 0 Å². The van der Waals surface area contributed by atoms with E-state index in [1.165, 1.54) is 12.1 Å². The third-order valence-corrected chi connectivity index (χ3v) is 6.41. The Morgan fingerprint density at radius 3 is 2.54 bits per heavy atom. The summed E-state index contributed by atoms with van der Waals surface area (Å²) in [5.41, 5.74) is 0.366. The summed E-state index contributed by atoms with van der Waals surface area (Å²) < 4.78 is 66.4. The van der Waals surface area contributed by atoms with Gasteiger partial charge in [-0.2, -0.15) is 4.98 Å². The molecule has 1 aliphatic heterocycles. The van der Waals surface area contributed by atoms with Crippen LogP contribution in [0.2, 0.25) is 5.02 Å². The van der Waals surface area contributed by atoms with E-state index in [-0.39, 0.29) is 23.7 Å². The van der Waals surface area contributed by atoms with Gasteiger partial charge in [0, 0.05) is 11.4 Å². The Labute approximate surface area is 140 Å². The van der Waals surface area contributed by atoms with Crippen molar-refractivity contribution in [1.29, 1.82) is 0 Å². The number of hydrogen-bond donors (Lipinski definition) is 0. The van der Waals surface area contributed by atoms with E-state index in [2.05, 4.69) is 10.1 Å². The van der Waals surface area contributed by atoms with Crippen LogP contribution in [-0.4, -0.2) is 34.6 Å². The fraction of sp³-hybridized carbons (Fsp3) is 0.429. The normalized spacial score (nSPS) is 28.8. The molecule has 0 spiro atoms. The van der Waals surface area contributed by atoms with Crippen molar-refractivity contribution >= 4 is 21.4 Å². The zero-order chi connectivity index (χ0) is 17.2. The summed E-state index contributed by atoms with van der Waals surface area (Å²) in [5, 5.41) is 2.26. The Morgan fingerprint density at radius 2 is 1.92 bits per heavy atom. The number of aromatic nitrogens is 3. The van der Waals surface area contributed by atoms with Gasteiger partial charge in [-0.05, 0) is 30.2 Å². The van der Waals surface area contributed by atoms with Gasteiger partial charge >= 0.3 is 0 Å². The lowest BCUT2D eigenvalue weighted by Crippen LogP contribution is -2.14. The van der Waals surface area contributed by atoms with Crippen molar-refractivity contribution < 1.29 is 21.6 Å². The molecule has 0 radical (unpaired) electrons. The van der Waals surface area contributed by atoms with Gasteiger partial charge in [-0.1, -0.05) is 11.6 Å². The number of sulfone groups is 1. The third-order valence-electron chi connectivity index (χ3n) is 4.22. The van der Waals surface area contributed by atoms with Gasteiger partial charge in [-0.25, -0.2) is 26.3 Å².